The number of nitrogen functional groups attached to an aromatic ring is 1. The van der Waals surface area contributed by atoms with Crippen LogP contribution in [0.3, 0.4) is 0 Å². The van der Waals surface area contributed by atoms with Crippen LogP contribution in [0.2, 0.25) is 0 Å². The van der Waals surface area contributed by atoms with Crippen LogP contribution in [-0.2, 0) is 4.79 Å². The summed E-state index contributed by atoms with van der Waals surface area (Å²) in [6.07, 6.45) is 1.63. The van der Waals surface area contributed by atoms with Gasteiger partial charge in [0.2, 0.25) is 5.91 Å². The molecule has 5 nitrogen and oxygen atoms in total. The van der Waals surface area contributed by atoms with Crippen LogP contribution in [0, 0.1) is 12.8 Å². The Labute approximate surface area is 102 Å². The highest BCUT2D eigenvalue weighted by atomic mass is 16.1. The minimum atomic E-state index is -0.0799. The van der Waals surface area contributed by atoms with E-state index in [2.05, 4.69) is 10.3 Å². The number of nitrogens with two attached hydrogens (primary N) is 1. The number of nitrogens with zero attached hydrogens (tertiary/aromatic N) is 2. The van der Waals surface area contributed by atoms with Crippen molar-refractivity contribution in [1.82, 2.24) is 10.3 Å². The van der Waals surface area contributed by atoms with Crippen LogP contribution in [0.15, 0.2) is 12.3 Å². The first kappa shape index (κ1) is 13.3. The molecule has 94 valence electrons. The molecule has 0 saturated heterocycles. The summed E-state index contributed by atoms with van der Waals surface area (Å²) in [7, 11) is 3.57. The standard InChI is InChI=1S/C12H20N4O/c1-8-5-10(13)6-15-11(8)16(4)7-9(2)12(17)14-3/h5-6,9H,7,13H2,1-4H3,(H,14,17). The summed E-state index contributed by atoms with van der Waals surface area (Å²) >= 11 is 0. The van der Waals surface area contributed by atoms with Gasteiger partial charge in [0.05, 0.1) is 17.8 Å². The summed E-state index contributed by atoms with van der Waals surface area (Å²) < 4.78 is 0. The third kappa shape index (κ3) is 3.34. The van der Waals surface area contributed by atoms with Crippen molar-refractivity contribution in [2.75, 3.05) is 31.3 Å². The summed E-state index contributed by atoms with van der Waals surface area (Å²) in [5, 5.41) is 2.64. The van der Waals surface area contributed by atoms with E-state index in [4.69, 9.17) is 5.73 Å². The number of carbonyl (C=O) groups is 1. The molecule has 17 heavy (non-hydrogen) atoms. The van der Waals surface area contributed by atoms with Gasteiger partial charge < -0.3 is 16.0 Å². The quantitative estimate of drug-likeness (QED) is 0.811. The van der Waals surface area contributed by atoms with Gasteiger partial charge in [-0.25, -0.2) is 4.98 Å². The molecule has 1 rings (SSSR count). The van der Waals surface area contributed by atoms with Crippen LogP contribution in [0.25, 0.3) is 0 Å². The molecule has 1 aromatic heterocycles. The van der Waals surface area contributed by atoms with Gasteiger partial charge in [0.1, 0.15) is 5.82 Å². The SMILES string of the molecule is CNC(=O)C(C)CN(C)c1ncc(N)cc1C. The molecular formula is C12H20N4O. The molecule has 0 radical (unpaired) electrons. The molecule has 3 N–H and O–H groups in total. The third-order valence-corrected chi connectivity index (χ3v) is 2.68. The zero-order valence-electron chi connectivity index (χ0n) is 10.8. The number of hydrogen-bond acceptors (Lipinski definition) is 4. The Morgan fingerprint density at radius 2 is 2.29 bits per heavy atom. The van der Waals surface area contributed by atoms with E-state index in [1.54, 1.807) is 13.2 Å². The minimum Gasteiger partial charge on any atom is -0.397 e. The van der Waals surface area contributed by atoms with Crippen molar-refractivity contribution in [1.29, 1.82) is 0 Å². The van der Waals surface area contributed by atoms with E-state index in [9.17, 15) is 4.79 Å². The van der Waals surface area contributed by atoms with Crippen LogP contribution >= 0.6 is 0 Å². The number of aryl methyl sites for hydroxylation is 1. The average molecular weight is 236 g/mol. The van der Waals surface area contributed by atoms with Gasteiger partial charge in [-0.1, -0.05) is 6.92 Å². The monoisotopic (exact) mass is 236 g/mol. The lowest BCUT2D eigenvalue weighted by atomic mass is 10.1. The molecule has 1 aromatic rings. The number of amides is 1. The number of aromatic nitrogens is 1. The number of anilines is 2. The van der Waals surface area contributed by atoms with E-state index in [0.29, 0.717) is 12.2 Å². The van der Waals surface area contributed by atoms with E-state index in [-0.39, 0.29) is 11.8 Å². The first-order valence-corrected chi connectivity index (χ1v) is 5.60. The van der Waals surface area contributed by atoms with E-state index in [1.165, 1.54) is 0 Å². The predicted molar refractivity (Wildman–Crippen MR) is 69.9 cm³/mol. The van der Waals surface area contributed by atoms with Crippen molar-refractivity contribution in [3.8, 4) is 0 Å². The molecule has 0 aliphatic heterocycles. The zero-order chi connectivity index (χ0) is 13.0. The van der Waals surface area contributed by atoms with Crippen LogP contribution in [0.1, 0.15) is 12.5 Å². The first-order valence-electron chi connectivity index (χ1n) is 5.60. The van der Waals surface area contributed by atoms with Crippen LogP contribution in [0.4, 0.5) is 11.5 Å². The Balaban J connectivity index is 2.76. The van der Waals surface area contributed by atoms with Crippen molar-refractivity contribution in [2.24, 2.45) is 5.92 Å². The van der Waals surface area contributed by atoms with Crippen LogP contribution in [-0.4, -0.2) is 31.5 Å². The molecule has 0 saturated carbocycles. The summed E-state index contributed by atoms with van der Waals surface area (Å²) in [5.74, 6) is 0.809. The van der Waals surface area contributed by atoms with Crippen LogP contribution in [0.5, 0.6) is 0 Å². The number of hydrogen-bond donors (Lipinski definition) is 2. The topological polar surface area (TPSA) is 71.2 Å². The number of rotatable bonds is 4. The molecule has 0 spiro atoms. The Hall–Kier alpha value is -1.78. The Morgan fingerprint density at radius 1 is 1.65 bits per heavy atom. The fourth-order valence-corrected chi connectivity index (χ4v) is 1.82. The fraction of sp³-hybridized carbons (Fsp3) is 0.500. The molecule has 1 atom stereocenters. The fourth-order valence-electron chi connectivity index (χ4n) is 1.82. The van der Waals surface area contributed by atoms with Crippen LogP contribution < -0.4 is 16.0 Å². The minimum absolute atomic E-state index is 0.0324. The Kier molecular flexibility index (Phi) is 4.31. The number of carbonyl (C=O) groups excluding carboxylic acids is 1. The number of nitrogens with one attached hydrogen (secondary N) is 1. The van der Waals surface area contributed by atoms with Gasteiger partial charge in [-0.05, 0) is 18.6 Å². The van der Waals surface area contributed by atoms with Gasteiger partial charge in [-0.2, -0.15) is 0 Å². The Bertz CT molecular complexity index is 405. The second-order valence-electron chi connectivity index (χ2n) is 4.30. The maximum Gasteiger partial charge on any atom is 0.224 e. The van der Waals surface area contributed by atoms with E-state index in [0.717, 1.165) is 11.4 Å². The third-order valence-electron chi connectivity index (χ3n) is 2.68. The molecule has 5 heteroatoms. The van der Waals surface area contributed by atoms with Gasteiger partial charge in [-0.3, -0.25) is 4.79 Å². The van der Waals surface area contributed by atoms with E-state index >= 15 is 0 Å². The summed E-state index contributed by atoms with van der Waals surface area (Å²) in [6.45, 7) is 4.47. The number of pyridine rings is 1. The lowest BCUT2D eigenvalue weighted by Crippen LogP contribution is -2.34. The maximum absolute atomic E-state index is 11.4. The molecule has 1 amide bonds. The van der Waals surface area contributed by atoms with E-state index < -0.39 is 0 Å². The predicted octanol–water partition coefficient (Wildman–Crippen LogP) is 0.791. The van der Waals surface area contributed by atoms with Gasteiger partial charge in [-0.15, -0.1) is 0 Å². The summed E-state index contributed by atoms with van der Waals surface area (Å²) in [4.78, 5) is 17.7. The highest BCUT2D eigenvalue weighted by molar-refractivity contribution is 5.78. The molecule has 0 bridgehead atoms. The molecule has 0 aliphatic rings. The Morgan fingerprint density at radius 3 is 2.82 bits per heavy atom. The second kappa shape index (κ2) is 5.52. The first-order chi connectivity index (χ1) is 7.95. The lowest BCUT2D eigenvalue weighted by molar-refractivity contribution is -0.123. The van der Waals surface area contributed by atoms with Gasteiger partial charge in [0.25, 0.3) is 0 Å². The largest absolute Gasteiger partial charge is 0.397 e. The van der Waals surface area contributed by atoms with Gasteiger partial charge in [0, 0.05) is 20.6 Å². The van der Waals surface area contributed by atoms with Crippen molar-refractivity contribution in [3.63, 3.8) is 0 Å². The smallest absolute Gasteiger partial charge is 0.224 e. The van der Waals surface area contributed by atoms with Crippen molar-refractivity contribution < 1.29 is 4.79 Å². The molecule has 1 unspecified atom stereocenters. The van der Waals surface area contributed by atoms with Crippen molar-refractivity contribution in [2.45, 2.75) is 13.8 Å². The highest BCUT2D eigenvalue weighted by Crippen LogP contribution is 2.18. The zero-order valence-corrected chi connectivity index (χ0v) is 10.8. The molecule has 1 heterocycles. The summed E-state index contributed by atoms with van der Waals surface area (Å²) in [6, 6.07) is 1.88. The normalized spacial score (nSPS) is 12.0. The van der Waals surface area contributed by atoms with Gasteiger partial charge >= 0.3 is 0 Å². The molecule has 0 aromatic carbocycles. The molecular weight excluding hydrogens is 216 g/mol. The molecule has 0 aliphatic carbocycles. The van der Waals surface area contributed by atoms with Gasteiger partial charge in [0.15, 0.2) is 0 Å². The summed E-state index contributed by atoms with van der Waals surface area (Å²) in [5.41, 5.74) is 7.32. The van der Waals surface area contributed by atoms with Crippen molar-refractivity contribution in [3.05, 3.63) is 17.8 Å². The van der Waals surface area contributed by atoms with E-state index in [1.807, 2.05) is 31.9 Å². The average Bonchev–Trinajstić information content (AvgIpc) is 2.27. The second-order valence-corrected chi connectivity index (χ2v) is 4.30. The molecule has 0 fully saturated rings. The van der Waals surface area contributed by atoms with Crippen molar-refractivity contribution >= 4 is 17.4 Å². The lowest BCUT2D eigenvalue weighted by Gasteiger charge is -2.23. The highest BCUT2D eigenvalue weighted by Gasteiger charge is 2.15. The maximum atomic E-state index is 11.4.